The largest absolute Gasteiger partial charge is 0.508 e. The predicted octanol–water partition coefficient (Wildman–Crippen LogP) is 2.46. The molecule has 0 radical (unpaired) electrons. The summed E-state index contributed by atoms with van der Waals surface area (Å²) in [6, 6.07) is 2.35. The minimum atomic E-state index is -4.71. The Bertz CT molecular complexity index is 310. The Morgan fingerprint density at radius 3 is 2.38 bits per heavy atom. The molecule has 0 aliphatic carbocycles. The van der Waals surface area contributed by atoms with Gasteiger partial charge in [0.05, 0.1) is 5.69 Å². The molecular formula is C7H5F4NO. The van der Waals surface area contributed by atoms with Crippen molar-refractivity contribution in [3.8, 4) is 5.75 Å². The van der Waals surface area contributed by atoms with E-state index in [2.05, 4.69) is 0 Å². The molecule has 0 fully saturated rings. The lowest BCUT2D eigenvalue weighted by Gasteiger charge is -2.10. The summed E-state index contributed by atoms with van der Waals surface area (Å²) >= 11 is 0. The van der Waals surface area contributed by atoms with Gasteiger partial charge < -0.3 is 5.11 Å². The first-order valence-electron chi connectivity index (χ1n) is 3.22. The number of phenols is 1. The van der Waals surface area contributed by atoms with Gasteiger partial charge in [0.1, 0.15) is 11.6 Å². The maximum absolute atomic E-state index is 12.6. The SMILES string of the molecule is Oc1ccc(F)c(NC(F)(F)F)c1. The quantitative estimate of drug-likeness (QED) is 0.532. The Labute approximate surface area is 70.8 Å². The van der Waals surface area contributed by atoms with E-state index in [1.54, 1.807) is 0 Å². The van der Waals surface area contributed by atoms with E-state index in [0.717, 1.165) is 17.4 Å². The molecule has 1 rings (SSSR count). The van der Waals surface area contributed by atoms with Crippen LogP contribution in [-0.4, -0.2) is 11.4 Å². The number of hydrogen-bond acceptors (Lipinski definition) is 2. The summed E-state index contributed by atoms with van der Waals surface area (Å²) in [5.41, 5.74) is -0.799. The number of hydrogen-bond donors (Lipinski definition) is 2. The normalized spacial score (nSPS) is 11.4. The third kappa shape index (κ3) is 2.81. The van der Waals surface area contributed by atoms with Crippen molar-refractivity contribution in [2.45, 2.75) is 6.30 Å². The van der Waals surface area contributed by atoms with Crippen LogP contribution in [0.5, 0.6) is 5.75 Å². The van der Waals surface area contributed by atoms with Crippen molar-refractivity contribution in [3.05, 3.63) is 24.0 Å². The summed E-state index contributed by atoms with van der Waals surface area (Å²) in [7, 11) is 0. The first kappa shape index (κ1) is 9.63. The summed E-state index contributed by atoms with van der Waals surface area (Å²) < 4.78 is 47.7. The van der Waals surface area contributed by atoms with Gasteiger partial charge in [-0.15, -0.1) is 0 Å². The van der Waals surface area contributed by atoms with E-state index < -0.39 is 23.6 Å². The molecule has 2 N–H and O–H groups in total. The first-order valence-corrected chi connectivity index (χ1v) is 3.22. The van der Waals surface area contributed by atoms with Crippen LogP contribution < -0.4 is 5.32 Å². The second kappa shape index (κ2) is 3.12. The summed E-state index contributed by atoms with van der Waals surface area (Å²) in [4.78, 5) is 0. The van der Waals surface area contributed by atoms with Gasteiger partial charge in [-0.3, -0.25) is 5.32 Å². The molecule has 0 saturated carbocycles. The molecule has 6 heteroatoms. The second-order valence-corrected chi connectivity index (χ2v) is 2.29. The Hall–Kier alpha value is -1.46. The van der Waals surface area contributed by atoms with Crippen LogP contribution in [-0.2, 0) is 0 Å². The van der Waals surface area contributed by atoms with Gasteiger partial charge in [0, 0.05) is 6.07 Å². The zero-order valence-corrected chi connectivity index (χ0v) is 6.19. The summed E-state index contributed by atoms with van der Waals surface area (Å²) in [6.45, 7) is 0. The van der Waals surface area contributed by atoms with Crippen molar-refractivity contribution < 1.29 is 22.7 Å². The van der Waals surface area contributed by atoms with Gasteiger partial charge in [0.2, 0.25) is 0 Å². The average Bonchev–Trinajstić information content (AvgIpc) is 1.94. The van der Waals surface area contributed by atoms with Gasteiger partial charge in [0.25, 0.3) is 0 Å². The molecule has 0 aliphatic heterocycles. The molecule has 0 amide bonds. The number of rotatable bonds is 1. The van der Waals surface area contributed by atoms with Gasteiger partial charge in [-0.05, 0) is 12.1 Å². The van der Waals surface area contributed by atoms with E-state index >= 15 is 0 Å². The second-order valence-electron chi connectivity index (χ2n) is 2.29. The summed E-state index contributed by atoms with van der Waals surface area (Å²) in [5, 5.41) is 9.72. The van der Waals surface area contributed by atoms with Crippen LogP contribution in [0.3, 0.4) is 0 Å². The smallest absolute Gasteiger partial charge is 0.482 e. The fourth-order valence-electron chi connectivity index (χ4n) is 0.762. The molecule has 13 heavy (non-hydrogen) atoms. The summed E-state index contributed by atoms with van der Waals surface area (Å²) in [5.74, 6) is -1.51. The number of benzene rings is 1. The third-order valence-electron chi connectivity index (χ3n) is 1.23. The monoisotopic (exact) mass is 195 g/mol. The van der Waals surface area contributed by atoms with Crippen molar-refractivity contribution in [2.24, 2.45) is 0 Å². The van der Waals surface area contributed by atoms with Crippen molar-refractivity contribution in [3.63, 3.8) is 0 Å². The van der Waals surface area contributed by atoms with Crippen LogP contribution >= 0.6 is 0 Å². The number of anilines is 1. The molecule has 72 valence electrons. The van der Waals surface area contributed by atoms with Crippen LogP contribution in [0.4, 0.5) is 23.2 Å². The highest BCUT2D eigenvalue weighted by atomic mass is 19.4. The molecule has 0 unspecified atom stereocenters. The molecule has 0 atom stereocenters. The number of halogens is 4. The summed E-state index contributed by atoms with van der Waals surface area (Å²) in [6.07, 6.45) is -4.71. The molecule has 0 saturated heterocycles. The molecule has 1 aromatic carbocycles. The van der Waals surface area contributed by atoms with E-state index in [4.69, 9.17) is 5.11 Å². The lowest BCUT2D eigenvalue weighted by atomic mass is 10.3. The van der Waals surface area contributed by atoms with Crippen LogP contribution in [0.2, 0.25) is 0 Å². The van der Waals surface area contributed by atoms with Crippen LogP contribution in [0, 0.1) is 5.82 Å². The van der Waals surface area contributed by atoms with Crippen LogP contribution in [0.15, 0.2) is 18.2 Å². The van der Waals surface area contributed by atoms with Crippen molar-refractivity contribution in [1.82, 2.24) is 0 Å². The Kier molecular flexibility index (Phi) is 2.31. The zero-order chi connectivity index (χ0) is 10.1. The number of aromatic hydroxyl groups is 1. The maximum atomic E-state index is 12.6. The van der Waals surface area contributed by atoms with E-state index in [1.165, 1.54) is 0 Å². The van der Waals surface area contributed by atoms with Crippen LogP contribution in [0.25, 0.3) is 0 Å². The Morgan fingerprint density at radius 1 is 1.23 bits per heavy atom. The van der Waals surface area contributed by atoms with Gasteiger partial charge in [-0.2, -0.15) is 13.2 Å². The molecule has 0 aromatic heterocycles. The van der Waals surface area contributed by atoms with Crippen molar-refractivity contribution in [2.75, 3.05) is 5.32 Å². The van der Waals surface area contributed by atoms with Crippen molar-refractivity contribution >= 4 is 5.69 Å². The first-order chi connectivity index (χ1) is 5.88. The van der Waals surface area contributed by atoms with Crippen LogP contribution in [0.1, 0.15) is 0 Å². The highest BCUT2D eigenvalue weighted by Gasteiger charge is 2.28. The molecular weight excluding hydrogens is 190 g/mol. The van der Waals surface area contributed by atoms with Gasteiger partial charge in [-0.25, -0.2) is 4.39 Å². The van der Waals surface area contributed by atoms with E-state index in [9.17, 15) is 17.6 Å². The number of alkyl halides is 3. The standard InChI is InChI=1S/C7H5F4NO/c8-5-2-1-4(13)3-6(5)12-7(9,10)11/h1-3,12-13H. The maximum Gasteiger partial charge on any atom is 0.482 e. The topological polar surface area (TPSA) is 32.3 Å². The van der Waals surface area contributed by atoms with Gasteiger partial charge >= 0.3 is 6.30 Å². The molecule has 0 bridgehead atoms. The molecule has 2 nitrogen and oxygen atoms in total. The molecule has 0 heterocycles. The molecule has 1 aromatic rings. The fourth-order valence-corrected chi connectivity index (χ4v) is 0.762. The third-order valence-corrected chi connectivity index (χ3v) is 1.23. The van der Waals surface area contributed by atoms with Gasteiger partial charge in [-0.1, -0.05) is 0 Å². The average molecular weight is 195 g/mol. The predicted molar refractivity (Wildman–Crippen MR) is 37.7 cm³/mol. The Balaban J connectivity index is 2.94. The fraction of sp³-hybridized carbons (Fsp3) is 0.143. The molecule has 0 aliphatic rings. The highest BCUT2D eigenvalue weighted by molar-refractivity contribution is 5.49. The number of nitrogens with one attached hydrogen (secondary N) is 1. The van der Waals surface area contributed by atoms with E-state index in [0.29, 0.717) is 6.07 Å². The lowest BCUT2D eigenvalue weighted by Crippen LogP contribution is -2.21. The van der Waals surface area contributed by atoms with E-state index in [-0.39, 0.29) is 0 Å². The lowest BCUT2D eigenvalue weighted by molar-refractivity contribution is -0.100. The highest BCUT2D eigenvalue weighted by Crippen LogP contribution is 2.25. The minimum absolute atomic E-state index is 0.437. The van der Waals surface area contributed by atoms with Crippen molar-refractivity contribution in [1.29, 1.82) is 0 Å². The Morgan fingerprint density at radius 2 is 1.85 bits per heavy atom. The molecule has 0 spiro atoms. The van der Waals surface area contributed by atoms with Gasteiger partial charge in [0.15, 0.2) is 0 Å². The minimum Gasteiger partial charge on any atom is -0.508 e. The number of phenolic OH excluding ortho intramolecular Hbond substituents is 1. The van der Waals surface area contributed by atoms with E-state index in [1.807, 2.05) is 0 Å². The zero-order valence-electron chi connectivity index (χ0n) is 6.19.